The van der Waals surface area contributed by atoms with Gasteiger partial charge in [0.05, 0.1) is 17.5 Å². The monoisotopic (exact) mass is 342 g/mol. The van der Waals surface area contributed by atoms with Gasteiger partial charge in [-0.15, -0.1) is 10.2 Å². The van der Waals surface area contributed by atoms with E-state index in [0.717, 1.165) is 22.6 Å². The summed E-state index contributed by atoms with van der Waals surface area (Å²) in [5, 5.41) is 14.4. The fourth-order valence-electron chi connectivity index (χ4n) is 2.19. The van der Waals surface area contributed by atoms with Gasteiger partial charge in [-0.05, 0) is 5.56 Å². The fourth-order valence-corrected chi connectivity index (χ4v) is 2.78. The summed E-state index contributed by atoms with van der Waals surface area (Å²) < 4.78 is 1.66. The third-order valence-electron chi connectivity index (χ3n) is 3.38. The molecule has 0 aliphatic carbocycles. The summed E-state index contributed by atoms with van der Waals surface area (Å²) in [7, 11) is 1.78. The molecule has 0 saturated heterocycles. The maximum absolute atomic E-state index is 12.5. The van der Waals surface area contributed by atoms with E-state index in [0.29, 0.717) is 12.0 Å². The number of carbonyl (C=O) groups is 2. The van der Waals surface area contributed by atoms with Gasteiger partial charge < -0.3 is 5.73 Å². The molecule has 122 valence electrons. The van der Waals surface area contributed by atoms with Crippen LogP contribution in [0.15, 0.2) is 36.5 Å². The van der Waals surface area contributed by atoms with Gasteiger partial charge in [0.1, 0.15) is 0 Å². The van der Waals surface area contributed by atoms with E-state index in [1.807, 2.05) is 30.3 Å². The number of amides is 2. The molecule has 0 aliphatic heterocycles. The lowest BCUT2D eigenvalue weighted by molar-refractivity contribution is 0.0996. The van der Waals surface area contributed by atoms with Crippen molar-refractivity contribution in [3.8, 4) is 0 Å². The zero-order valence-electron chi connectivity index (χ0n) is 12.8. The van der Waals surface area contributed by atoms with Gasteiger partial charge in [-0.3, -0.25) is 19.6 Å². The first-order valence-corrected chi connectivity index (χ1v) is 7.85. The first-order valence-electron chi connectivity index (χ1n) is 7.04. The highest BCUT2D eigenvalue weighted by Gasteiger charge is 2.18. The Kier molecular flexibility index (Phi) is 4.34. The van der Waals surface area contributed by atoms with Gasteiger partial charge in [0.2, 0.25) is 10.1 Å². The summed E-state index contributed by atoms with van der Waals surface area (Å²) in [6, 6.07) is 9.79. The molecule has 2 aromatic heterocycles. The third kappa shape index (κ3) is 3.30. The van der Waals surface area contributed by atoms with Crippen molar-refractivity contribution in [2.75, 3.05) is 5.32 Å². The van der Waals surface area contributed by atoms with Gasteiger partial charge >= 0.3 is 0 Å². The van der Waals surface area contributed by atoms with Crippen LogP contribution in [0.25, 0.3) is 0 Å². The van der Waals surface area contributed by atoms with E-state index in [1.165, 1.54) is 6.20 Å². The molecule has 0 radical (unpaired) electrons. The molecule has 3 rings (SSSR count). The van der Waals surface area contributed by atoms with E-state index in [9.17, 15) is 9.59 Å². The topological polar surface area (TPSA) is 116 Å². The standard InChI is InChI=1S/C15H14N6O2S/c1-21-11(7-9-5-3-2-4-6-9)10(8-17-21)13(23)18-15-20-19-14(24-15)12(16)22/h2-6,8H,7H2,1H3,(H2,16,22)(H,18,20,23). The second-order valence-electron chi connectivity index (χ2n) is 5.02. The van der Waals surface area contributed by atoms with Crippen LogP contribution in [0.4, 0.5) is 5.13 Å². The Morgan fingerprint density at radius 1 is 1.25 bits per heavy atom. The lowest BCUT2D eigenvalue weighted by Crippen LogP contribution is -2.14. The number of aromatic nitrogens is 4. The highest BCUT2D eigenvalue weighted by molar-refractivity contribution is 7.17. The number of nitrogens with zero attached hydrogens (tertiary/aromatic N) is 4. The minimum absolute atomic E-state index is 0.0426. The van der Waals surface area contributed by atoms with Crippen molar-refractivity contribution in [2.45, 2.75) is 6.42 Å². The van der Waals surface area contributed by atoms with Crippen LogP contribution < -0.4 is 11.1 Å². The summed E-state index contributed by atoms with van der Waals surface area (Å²) in [6.45, 7) is 0. The van der Waals surface area contributed by atoms with Gasteiger partial charge in [0.15, 0.2) is 0 Å². The minimum Gasteiger partial charge on any atom is -0.363 e. The van der Waals surface area contributed by atoms with E-state index in [1.54, 1.807) is 11.7 Å². The second kappa shape index (κ2) is 6.59. The number of anilines is 1. The molecule has 9 heteroatoms. The van der Waals surface area contributed by atoms with Gasteiger partial charge in [-0.25, -0.2) is 0 Å². The molecule has 8 nitrogen and oxygen atoms in total. The molecule has 0 aliphatic rings. The number of benzene rings is 1. The molecule has 0 fully saturated rings. The van der Waals surface area contributed by atoms with Gasteiger partial charge in [-0.1, -0.05) is 41.7 Å². The lowest BCUT2D eigenvalue weighted by atomic mass is 10.1. The van der Waals surface area contributed by atoms with Crippen LogP contribution in [0.3, 0.4) is 0 Å². The first-order chi connectivity index (χ1) is 11.5. The van der Waals surface area contributed by atoms with Crippen LogP contribution in [0.5, 0.6) is 0 Å². The molecule has 0 spiro atoms. The quantitative estimate of drug-likeness (QED) is 0.723. The summed E-state index contributed by atoms with van der Waals surface area (Å²) in [4.78, 5) is 23.5. The Morgan fingerprint density at radius 2 is 2.00 bits per heavy atom. The largest absolute Gasteiger partial charge is 0.363 e. The van der Waals surface area contributed by atoms with Crippen molar-refractivity contribution in [3.05, 3.63) is 58.4 Å². The normalized spacial score (nSPS) is 10.5. The number of hydrogen-bond acceptors (Lipinski definition) is 6. The average molecular weight is 342 g/mol. The van der Waals surface area contributed by atoms with Crippen LogP contribution in [0.2, 0.25) is 0 Å². The number of hydrogen-bond donors (Lipinski definition) is 2. The Balaban J connectivity index is 1.81. The van der Waals surface area contributed by atoms with Crippen molar-refractivity contribution in [1.29, 1.82) is 0 Å². The summed E-state index contributed by atoms with van der Waals surface area (Å²) in [6.07, 6.45) is 2.08. The molecule has 24 heavy (non-hydrogen) atoms. The first kappa shape index (κ1) is 15.8. The highest BCUT2D eigenvalue weighted by atomic mass is 32.1. The maximum atomic E-state index is 12.5. The summed E-state index contributed by atoms with van der Waals surface area (Å²) in [5.74, 6) is -1.04. The Labute approximate surface area is 141 Å². The van der Waals surface area contributed by atoms with Gasteiger partial charge in [-0.2, -0.15) is 5.10 Å². The fraction of sp³-hybridized carbons (Fsp3) is 0.133. The molecule has 0 bridgehead atoms. The molecular weight excluding hydrogens is 328 g/mol. The Morgan fingerprint density at radius 3 is 2.67 bits per heavy atom. The Bertz CT molecular complexity index is 887. The summed E-state index contributed by atoms with van der Waals surface area (Å²) >= 11 is 0.925. The highest BCUT2D eigenvalue weighted by Crippen LogP contribution is 2.18. The molecule has 0 unspecified atom stereocenters. The number of primary amides is 1. The molecule has 3 N–H and O–H groups in total. The SMILES string of the molecule is Cn1ncc(C(=O)Nc2nnc(C(N)=O)s2)c1Cc1ccccc1. The zero-order chi connectivity index (χ0) is 17.1. The van der Waals surface area contributed by atoms with E-state index < -0.39 is 5.91 Å². The van der Waals surface area contributed by atoms with Crippen molar-refractivity contribution >= 4 is 28.3 Å². The van der Waals surface area contributed by atoms with Crippen LogP contribution in [0, 0.1) is 0 Å². The predicted molar refractivity (Wildman–Crippen MR) is 88.8 cm³/mol. The van der Waals surface area contributed by atoms with Crippen molar-refractivity contribution in [1.82, 2.24) is 20.0 Å². The second-order valence-corrected chi connectivity index (χ2v) is 6.00. The van der Waals surface area contributed by atoms with E-state index in [2.05, 4.69) is 20.6 Å². The molecule has 2 heterocycles. The van der Waals surface area contributed by atoms with Gasteiger partial charge in [0, 0.05) is 13.5 Å². The number of aryl methyl sites for hydroxylation is 1. The number of nitrogens with two attached hydrogens (primary N) is 1. The number of rotatable bonds is 5. The van der Waals surface area contributed by atoms with Crippen LogP contribution in [-0.4, -0.2) is 31.8 Å². The maximum Gasteiger partial charge on any atom is 0.279 e. The molecule has 2 amide bonds. The van der Waals surface area contributed by atoms with Crippen molar-refractivity contribution in [3.63, 3.8) is 0 Å². The Hall–Kier alpha value is -3.07. The number of nitrogens with one attached hydrogen (secondary N) is 1. The minimum atomic E-state index is -0.681. The molecule has 0 atom stereocenters. The predicted octanol–water partition coefficient (Wildman–Crippen LogP) is 1.21. The van der Waals surface area contributed by atoms with Crippen LogP contribution in [-0.2, 0) is 13.5 Å². The van der Waals surface area contributed by atoms with Crippen molar-refractivity contribution < 1.29 is 9.59 Å². The average Bonchev–Trinajstić information content (AvgIpc) is 3.16. The smallest absolute Gasteiger partial charge is 0.279 e. The molecule has 3 aromatic rings. The lowest BCUT2D eigenvalue weighted by Gasteiger charge is -2.06. The van der Waals surface area contributed by atoms with Crippen LogP contribution >= 0.6 is 11.3 Å². The van der Waals surface area contributed by atoms with Crippen LogP contribution in [0.1, 0.15) is 31.4 Å². The molecular formula is C15H14N6O2S. The van der Waals surface area contributed by atoms with E-state index >= 15 is 0 Å². The number of carbonyl (C=O) groups excluding carboxylic acids is 2. The summed E-state index contributed by atoms with van der Waals surface area (Å²) in [5.41, 5.74) is 7.41. The van der Waals surface area contributed by atoms with Crippen molar-refractivity contribution in [2.24, 2.45) is 12.8 Å². The van der Waals surface area contributed by atoms with E-state index in [-0.39, 0.29) is 16.0 Å². The zero-order valence-corrected chi connectivity index (χ0v) is 13.6. The molecule has 0 saturated carbocycles. The third-order valence-corrected chi connectivity index (χ3v) is 4.23. The van der Waals surface area contributed by atoms with Gasteiger partial charge in [0.25, 0.3) is 11.8 Å². The molecule has 1 aromatic carbocycles. The van der Waals surface area contributed by atoms with E-state index in [4.69, 9.17) is 5.73 Å².